The molecule has 2 aromatic rings. The van der Waals surface area contributed by atoms with Gasteiger partial charge in [0.1, 0.15) is 5.82 Å². The molecule has 0 aliphatic carbocycles. The van der Waals surface area contributed by atoms with E-state index >= 15 is 0 Å². The number of hydrogen-bond acceptors (Lipinski definition) is 6. The van der Waals surface area contributed by atoms with E-state index in [0.29, 0.717) is 27.9 Å². The average molecular weight is 469 g/mol. The van der Waals surface area contributed by atoms with Crippen LogP contribution in [0.2, 0.25) is 5.02 Å². The minimum Gasteiger partial charge on any atom is -0.454 e. The minimum absolute atomic E-state index is 0.00893. The normalized spacial score (nSPS) is 25.0. The van der Waals surface area contributed by atoms with Crippen LogP contribution in [0.15, 0.2) is 41.4 Å². The number of carbonyl (C=O) groups excluding carboxylic acids is 1. The van der Waals surface area contributed by atoms with Gasteiger partial charge in [-0.3, -0.25) is 4.79 Å². The van der Waals surface area contributed by atoms with Crippen molar-refractivity contribution in [1.29, 1.82) is 0 Å². The van der Waals surface area contributed by atoms with Crippen LogP contribution < -0.4 is 14.4 Å². The smallest absolute Gasteiger partial charge is 0.279 e. The lowest BCUT2D eigenvalue weighted by Gasteiger charge is -2.24. The number of nitrogens with zero attached hydrogens (tertiary/aromatic N) is 2. The molecule has 11 heteroatoms. The van der Waals surface area contributed by atoms with Gasteiger partial charge in [-0.1, -0.05) is 23.4 Å². The fourth-order valence-corrected chi connectivity index (χ4v) is 7.77. The molecular weight excluding hydrogens is 455 g/mol. The van der Waals surface area contributed by atoms with Crippen molar-refractivity contribution >= 4 is 50.0 Å². The van der Waals surface area contributed by atoms with E-state index in [2.05, 4.69) is 4.99 Å². The quantitative estimate of drug-likeness (QED) is 0.669. The van der Waals surface area contributed by atoms with Crippen molar-refractivity contribution in [3.05, 3.63) is 52.8 Å². The highest BCUT2D eigenvalue weighted by atomic mass is 35.5. The Bertz CT molecular complexity index is 1200. The van der Waals surface area contributed by atoms with Crippen LogP contribution in [0.1, 0.15) is 10.4 Å². The van der Waals surface area contributed by atoms with Crippen LogP contribution in [0.3, 0.4) is 0 Å². The fraction of sp³-hybridized carbons (Fsp3) is 0.263. The molecule has 0 spiro atoms. The van der Waals surface area contributed by atoms with Crippen molar-refractivity contribution in [1.82, 2.24) is 0 Å². The van der Waals surface area contributed by atoms with Crippen LogP contribution in [0.5, 0.6) is 11.5 Å². The Morgan fingerprint density at radius 2 is 1.97 bits per heavy atom. The van der Waals surface area contributed by atoms with Crippen LogP contribution >= 0.6 is 23.4 Å². The molecule has 156 valence electrons. The summed E-state index contributed by atoms with van der Waals surface area (Å²) in [7, 11) is -3.22. The number of fused-ring (bicyclic) bond motifs is 2. The van der Waals surface area contributed by atoms with Crippen LogP contribution in [0, 0.1) is 5.82 Å². The molecular formula is C19H14ClFN2O5S2. The van der Waals surface area contributed by atoms with Gasteiger partial charge < -0.3 is 14.4 Å². The fourth-order valence-electron chi connectivity index (χ4n) is 3.68. The first-order valence-corrected chi connectivity index (χ1v) is 12.0. The summed E-state index contributed by atoms with van der Waals surface area (Å²) < 4.78 is 48.5. The summed E-state index contributed by atoms with van der Waals surface area (Å²) in [5.74, 6) is -0.154. The van der Waals surface area contributed by atoms with Gasteiger partial charge in [0.25, 0.3) is 5.91 Å². The van der Waals surface area contributed by atoms with Crippen molar-refractivity contribution in [2.45, 2.75) is 11.3 Å². The second-order valence-corrected chi connectivity index (χ2v) is 10.8. The maximum Gasteiger partial charge on any atom is 0.279 e. The Morgan fingerprint density at radius 1 is 1.17 bits per heavy atom. The molecule has 5 rings (SSSR count). The standard InChI is InChI=1S/C19H14ClFN2O5S2/c20-12-6-11(2-3-13(12)21)23-14-7-30(25,26)8-17(14)29-19(23)22-18(24)10-1-4-15-16(5-10)28-9-27-15/h1-6,14,17H,7-9H2/t14-,17-/m0/s1. The number of ether oxygens (including phenoxy) is 2. The first-order chi connectivity index (χ1) is 14.3. The van der Waals surface area contributed by atoms with Gasteiger partial charge in [0, 0.05) is 16.5 Å². The van der Waals surface area contributed by atoms with Gasteiger partial charge in [0.05, 0.1) is 22.6 Å². The van der Waals surface area contributed by atoms with E-state index in [4.69, 9.17) is 21.1 Å². The van der Waals surface area contributed by atoms with Gasteiger partial charge in [-0.15, -0.1) is 0 Å². The van der Waals surface area contributed by atoms with Gasteiger partial charge in [-0.25, -0.2) is 12.8 Å². The Balaban J connectivity index is 1.52. The third-order valence-corrected chi connectivity index (χ3v) is 8.56. The molecule has 3 heterocycles. The number of aliphatic imine (C=N–C) groups is 1. The number of rotatable bonds is 2. The zero-order valence-electron chi connectivity index (χ0n) is 15.2. The van der Waals surface area contributed by atoms with Gasteiger partial charge in [0.2, 0.25) is 6.79 Å². The Morgan fingerprint density at radius 3 is 2.77 bits per heavy atom. The molecule has 1 amide bonds. The second kappa shape index (κ2) is 7.14. The molecule has 30 heavy (non-hydrogen) atoms. The topological polar surface area (TPSA) is 85.3 Å². The van der Waals surface area contributed by atoms with Gasteiger partial charge >= 0.3 is 0 Å². The Labute approximate surface area is 180 Å². The molecule has 0 radical (unpaired) electrons. The molecule has 2 fully saturated rings. The number of halogens is 2. The first-order valence-electron chi connectivity index (χ1n) is 8.95. The third-order valence-electron chi connectivity index (χ3n) is 5.06. The Hall–Kier alpha value is -2.30. The van der Waals surface area contributed by atoms with Crippen molar-refractivity contribution in [3.8, 4) is 11.5 Å². The number of hydrogen-bond donors (Lipinski definition) is 0. The van der Waals surface area contributed by atoms with E-state index in [0.717, 1.165) is 0 Å². The number of sulfone groups is 1. The van der Waals surface area contributed by atoms with E-state index in [9.17, 15) is 17.6 Å². The molecule has 0 bridgehead atoms. The first kappa shape index (κ1) is 19.7. The summed E-state index contributed by atoms with van der Waals surface area (Å²) in [4.78, 5) is 18.7. The summed E-state index contributed by atoms with van der Waals surface area (Å²) in [6.07, 6.45) is 0. The maximum absolute atomic E-state index is 13.7. The van der Waals surface area contributed by atoms with E-state index in [1.165, 1.54) is 30.0 Å². The Kier molecular flexibility index (Phi) is 4.68. The van der Waals surface area contributed by atoms with Gasteiger partial charge in [0.15, 0.2) is 26.5 Å². The van der Waals surface area contributed by atoms with Gasteiger partial charge in [-0.2, -0.15) is 4.99 Å². The molecule has 0 saturated carbocycles. The highest BCUT2D eigenvalue weighted by molar-refractivity contribution is 8.16. The summed E-state index contributed by atoms with van der Waals surface area (Å²) in [6.45, 7) is 0.0916. The largest absolute Gasteiger partial charge is 0.454 e. The van der Waals surface area contributed by atoms with Crippen LogP contribution in [-0.4, -0.2) is 49.1 Å². The highest BCUT2D eigenvalue weighted by Crippen LogP contribution is 2.42. The summed E-state index contributed by atoms with van der Waals surface area (Å²) in [5.41, 5.74) is 0.796. The zero-order valence-corrected chi connectivity index (χ0v) is 17.6. The second-order valence-electron chi connectivity index (χ2n) is 7.04. The molecule has 3 aliphatic heterocycles. The lowest BCUT2D eigenvalue weighted by molar-refractivity contribution is 0.100. The van der Waals surface area contributed by atoms with E-state index in [-0.39, 0.29) is 28.6 Å². The molecule has 0 aromatic heterocycles. The van der Waals surface area contributed by atoms with Crippen LogP contribution in [0.25, 0.3) is 0 Å². The van der Waals surface area contributed by atoms with Gasteiger partial charge in [-0.05, 0) is 36.4 Å². The van der Waals surface area contributed by atoms with Crippen molar-refractivity contribution in [3.63, 3.8) is 0 Å². The summed E-state index contributed by atoms with van der Waals surface area (Å²) in [5, 5.41) is -0.0179. The SMILES string of the molecule is O=C(N=C1S[C@H]2CS(=O)(=O)C[C@@H]2N1c1ccc(F)c(Cl)c1)c1ccc2c(c1)OCO2. The van der Waals surface area contributed by atoms with Crippen molar-refractivity contribution < 1.29 is 27.1 Å². The maximum atomic E-state index is 13.7. The minimum atomic E-state index is -3.22. The summed E-state index contributed by atoms with van der Waals surface area (Å²) in [6, 6.07) is 8.47. The monoisotopic (exact) mass is 468 g/mol. The van der Waals surface area contributed by atoms with Crippen molar-refractivity contribution in [2.75, 3.05) is 23.2 Å². The molecule has 2 saturated heterocycles. The van der Waals surface area contributed by atoms with Crippen LogP contribution in [-0.2, 0) is 9.84 Å². The third kappa shape index (κ3) is 3.42. The number of anilines is 1. The van der Waals surface area contributed by atoms with E-state index in [1.54, 1.807) is 23.1 Å². The molecule has 7 nitrogen and oxygen atoms in total. The van der Waals surface area contributed by atoms with E-state index in [1.807, 2.05) is 0 Å². The molecule has 0 unspecified atom stereocenters. The number of benzene rings is 2. The van der Waals surface area contributed by atoms with Crippen molar-refractivity contribution in [2.24, 2.45) is 4.99 Å². The number of amides is 1. The molecule has 3 aliphatic rings. The average Bonchev–Trinajstić information content (AvgIpc) is 3.35. The molecule has 2 atom stereocenters. The number of thioether (sulfide) groups is 1. The lowest BCUT2D eigenvalue weighted by atomic mass is 10.2. The molecule has 2 aromatic carbocycles. The lowest BCUT2D eigenvalue weighted by Crippen LogP contribution is -2.37. The number of carbonyl (C=O) groups is 1. The molecule has 0 N–H and O–H groups in total. The predicted octanol–water partition coefficient (Wildman–Crippen LogP) is 3.12. The van der Waals surface area contributed by atoms with E-state index < -0.39 is 27.6 Å². The predicted molar refractivity (Wildman–Crippen MR) is 112 cm³/mol. The number of amidine groups is 1. The highest BCUT2D eigenvalue weighted by Gasteiger charge is 2.49. The zero-order chi connectivity index (χ0) is 21.0. The summed E-state index contributed by atoms with van der Waals surface area (Å²) >= 11 is 7.16. The van der Waals surface area contributed by atoms with Crippen LogP contribution in [0.4, 0.5) is 10.1 Å².